The van der Waals surface area contributed by atoms with Gasteiger partial charge in [0.15, 0.2) is 0 Å². The molecule has 1 aromatic carbocycles. The number of benzene rings is 1. The smallest absolute Gasteiger partial charge is 0.228 e. The second kappa shape index (κ2) is 9.40. The zero-order valence-corrected chi connectivity index (χ0v) is 18.3. The van der Waals surface area contributed by atoms with E-state index in [0.717, 1.165) is 43.6 Å². The maximum Gasteiger partial charge on any atom is 0.228 e. The second-order valence-electron chi connectivity index (χ2n) is 8.84. The Balaban J connectivity index is 1.52. The van der Waals surface area contributed by atoms with Crippen molar-refractivity contribution < 1.29 is 4.79 Å². The van der Waals surface area contributed by atoms with Gasteiger partial charge in [-0.25, -0.2) is 0 Å². The molecule has 0 radical (unpaired) electrons. The Morgan fingerprint density at radius 3 is 2.42 bits per heavy atom. The van der Waals surface area contributed by atoms with Crippen molar-refractivity contribution in [3.63, 3.8) is 0 Å². The minimum absolute atomic E-state index is 0.130. The highest BCUT2D eigenvalue weighted by Gasteiger charge is 2.44. The molecule has 160 valence electrons. The van der Waals surface area contributed by atoms with Crippen molar-refractivity contribution in [3.05, 3.63) is 84.4 Å². The molecular formula is C26H30N4O. The van der Waals surface area contributed by atoms with Crippen molar-refractivity contribution in [2.24, 2.45) is 5.41 Å². The Kier molecular flexibility index (Phi) is 6.42. The van der Waals surface area contributed by atoms with E-state index in [0.29, 0.717) is 0 Å². The van der Waals surface area contributed by atoms with Gasteiger partial charge < -0.3 is 5.32 Å². The molecule has 0 saturated carbocycles. The molecule has 0 aliphatic carbocycles. The van der Waals surface area contributed by atoms with E-state index >= 15 is 0 Å². The van der Waals surface area contributed by atoms with Gasteiger partial charge in [0, 0.05) is 43.9 Å². The maximum absolute atomic E-state index is 13.3. The van der Waals surface area contributed by atoms with Gasteiger partial charge in [0.05, 0.1) is 5.41 Å². The van der Waals surface area contributed by atoms with Gasteiger partial charge in [-0.2, -0.15) is 0 Å². The first-order valence-corrected chi connectivity index (χ1v) is 11.0. The number of amides is 1. The van der Waals surface area contributed by atoms with Crippen molar-refractivity contribution in [2.75, 3.05) is 13.1 Å². The number of carbonyl (C=O) groups excluding carboxylic acids is 1. The molecule has 5 heteroatoms. The molecule has 1 aliphatic heterocycles. The van der Waals surface area contributed by atoms with E-state index in [1.165, 1.54) is 11.1 Å². The number of pyridine rings is 2. The zero-order valence-electron chi connectivity index (χ0n) is 18.3. The van der Waals surface area contributed by atoms with Crippen LogP contribution in [0.2, 0.25) is 0 Å². The fraction of sp³-hybridized carbons (Fsp3) is 0.346. The van der Waals surface area contributed by atoms with E-state index in [9.17, 15) is 4.79 Å². The third-order valence-corrected chi connectivity index (χ3v) is 5.97. The summed E-state index contributed by atoms with van der Waals surface area (Å²) in [7, 11) is 0. The average Bonchev–Trinajstić information content (AvgIpc) is 3.19. The van der Waals surface area contributed by atoms with Crippen molar-refractivity contribution in [3.8, 4) is 11.1 Å². The van der Waals surface area contributed by atoms with Gasteiger partial charge in [-0.1, -0.05) is 30.3 Å². The summed E-state index contributed by atoms with van der Waals surface area (Å²) in [5, 5.41) is 3.18. The van der Waals surface area contributed by atoms with E-state index in [1.807, 2.05) is 50.6 Å². The van der Waals surface area contributed by atoms with Crippen molar-refractivity contribution in [1.82, 2.24) is 20.2 Å². The Labute approximate surface area is 184 Å². The number of nitrogens with one attached hydrogen (secondary N) is 1. The standard InChI is InChI=1S/C26H30N4O/c1-20(2)29-25(31)26(11-15-30(19-26)18-22-4-3-12-28-17-22)16-21-5-7-23(8-6-21)24-9-13-27-14-10-24/h3-10,12-14,17,20H,11,15-16,18-19H2,1-2H3,(H,29,31). The molecule has 1 aliphatic rings. The molecule has 1 atom stereocenters. The van der Waals surface area contributed by atoms with E-state index < -0.39 is 5.41 Å². The molecule has 0 spiro atoms. The number of hydrogen-bond acceptors (Lipinski definition) is 4. The normalized spacial score (nSPS) is 18.9. The number of nitrogens with zero attached hydrogens (tertiary/aromatic N) is 3. The molecule has 3 aromatic rings. The Hall–Kier alpha value is -3.05. The summed E-state index contributed by atoms with van der Waals surface area (Å²) in [6.07, 6.45) is 8.92. The maximum atomic E-state index is 13.3. The van der Waals surface area contributed by atoms with E-state index in [4.69, 9.17) is 0 Å². The first-order valence-electron chi connectivity index (χ1n) is 11.0. The summed E-state index contributed by atoms with van der Waals surface area (Å²) in [6.45, 7) is 6.54. The van der Waals surface area contributed by atoms with Gasteiger partial charge >= 0.3 is 0 Å². The van der Waals surface area contributed by atoms with Crippen LogP contribution in [0, 0.1) is 5.41 Å². The third-order valence-electron chi connectivity index (χ3n) is 5.97. The van der Waals surface area contributed by atoms with Crippen molar-refractivity contribution in [1.29, 1.82) is 0 Å². The molecule has 31 heavy (non-hydrogen) atoms. The van der Waals surface area contributed by atoms with Crippen LogP contribution in [0.1, 0.15) is 31.4 Å². The molecule has 1 fully saturated rings. The topological polar surface area (TPSA) is 58.1 Å². The van der Waals surface area contributed by atoms with E-state index in [1.54, 1.807) is 6.20 Å². The summed E-state index contributed by atoms with van der Waals surface area (Å²) in [6, 6.07) is 16.8. The molecular weight excluding hydrogens is 384 g/mol. The monoisotopic (exact) mass is 414 g/mol. The number of aromatic nitrogens is 2. The van der Waals surface area contributed by atoms with Gasteiger partial charge in [0.25, 0.3) is 0 Å². The molecule has 1 saturated heterocycles. The lowest BCUT2D eigenvalue weighted by Gasteiger charge is -2.30. The van der Waals surface area contributed by atoms with Crippen LogP contribution in [-0.4, -0.2) is 39.9 Å². The molecule has 1 N–H and O–H groups in total. The van der Waals surface area contributed by atoms with Gasteiger partial charge in [0.2, 0.25) is 5.91 Å². The summed E-state index contributed by atoms with van der Waals surface area (Å²) >= 11 is 0. The van der Waals surface area contributed by atoms with Crippen molar-refractivity contribution in [2.45, 2.75) is 39.3 Å². The largest absolute Gasteiger partial charge is 0.353 e. The van der Waals surface area contributed by atoms with Crippen LogP contribution in [0.4, 0.5) is 0 Å². The Bertz CT molecular complexity index is 989. The molecule has 5 nitrogen and oxygen atoms in total. The Morgan fingerprint density at radius 1 is 1.00 bits per heavy atom. The van der Waals surface area contributed by atoms with Crippen LogP contribution in [-0.2, 0) is 17.8 Å². The quantitative estimate of drug-likeness (QED) is 0.632. The minimum atomic E-state index is -0.412. The van der Waals surface area contributed by atoms with Gasteiger partial charge in [0.1, 0.15) is 0 Å². The number of rotatable bonds is 7. The van der Waals surface area contributed by atoms with Gasteiger partial charge in [-0.15, -0.1) is 0 Å². The number of likely N-dealkylation sites (tertiary alicyclic amines) is 1. The minimum Gasteiger partial charge on any atom is -0.353 e. The first-order chi connectivity index (χ1) is 15.0. The van der Waals surface area contributed by atoms with Crippen LogP contribution in [0.5, 0.6) is 0 Å². The van der Waals surface area contributed by atoms with E-state index in [2.05, 4.69) is 50.5 Å². The molecule has 4 rings (SSSR count). The summed E-state index contributed by atoms with van der Waals surface area (Å²) in [4.78, 5) is 24.0. The van der Waals surface area contributed by atoms with Crippen LogP contribution in [0.15, 0.2) is 73.3 Å². The first kappa shape index (κ1) is 21.2. The highest BCUT2D eigenvalue weighted by atomic mass is 16.2. The fourth-order valence-electron chi connectivity index (χ4n) is 4.42. The molecule has 2 aromatic heterocycles. The van der Waals surface area contributed by atoms with Crippen LogP contribution < -0.4 is 5.32 Å². The fourth-order valence-corrected chi connectivity index (χ4v) is 4.42. The van der Waals surface area contributed by atoms with Crippen molar-refractivity contribution >= 4 is 5.91 Å². The third kappa shape index (κ3) is 5.17. The SMILES string of the molecule is CC(C)NC(=O)C1(Cc2ccc(-c3ccncc3)cc2)CCN(Cc2cccnc2)C1. The zero-order chi connectivity index (χ0) is 21.7. The number of hydrogen-bond donors (Lipinski definition) is 1. The highest BCUT2D eigenvalue weighted by molar-refractivity contribution is 5.84. The molecule has 1 amide bonds. The summed E-state index contributed by atoms with van der Waals surface area (Å²) < 4.78 is 0. The molecule has 1 unspecified atom stereocenters. The van der Waals surface area contributed by atoms with Gasteiger partial charge in [-0.3, -0.25) is 19.7 Å². The molecule has 3 heterocycles. The Morgan fingerprint density at radius 2 is 1.74 bits per heavy atom. The van der Waals surface area contributed by atoms with Crippen LogP contribution in [0.3, 0.4) is 0 Å². The predicted molar refractivity (Wildman–Crippen MR) is 123 cm³/mol. The second-order valence-corrected chi connectivity index (χ2v) is 8.84. The molecule has 0 bridgehead atoms. The lowest BCUT2D eigenvalue weighted by atomic mass is 9.79. The van der Waals surface area contributed by atoms with E-state index in [-0.39, 0.29) is 11.9 Å². The average molecular weight is 415 g/mol. The van der Waals surface area contributed by atoms with Crippen LogP contribution >= 0.6 is 0 Å². The number of carbonyl (C=O) groups is 1. The van der Waals surface area contributed by atoms with Crippen LogP contribution in [0.25, 0.3) is 11.1 Å². The lowest BCUT2D eigenvalue weighted by molar-refractivity contribution is -0.131. The summed E-state index contributed by atoms with van der Waals surface area (Å²) in [5.74, 6) is 0.161. The van der Waals surface area contributed by atoms with Gasteiger partial charge in [-0.05, 0) is 73.7 Å². The summed E-state index contributed by atoms with van der Waals surface area (Å²) in [5.41, 5.74) is 4.28. The highest BCUT2D eigenvalue weighted by Crippen LogP contribution is 2.36. The lowest BCUT2D eigenvalue weighted by Crippen LogP contribution is -2.46. The predicted octanol–water partition coefficient (Wildman–Crippen LogP) is 4.10.